The second-order valence-corrected chi connectivity index (χ2v) is 15.1. The predicted octanol–water partition coefficient (Wildman–Crippen LogP) is 7.00. The lowest BCUT2D eigenvalue weighted by Gasteiger charge is -2.36. The van der Waals surface area contributed by atoms with Gasteiger partial charge in [0.05, 0.1) is 28.7 Å². The van der Waals surface area contributed by atoms with Gasteiger partial charge in [-0.3, -0.25) is 9.59 Å². The maximum Gasteiger partial charge on any atom is 0.254 e. The number of piperidine rings is 1. The fraction of sp³-hybridized carbons (Fsp3) is 0.622. The monoisotopic (exact) mass is 661 g/mol. The normalized spacial score (nSPS) is 20.7. The Bertz CT molecular complexity index is 1470. The van der Waals surface area contributed by atoms with Crippen LogP contribution in [0.2, 0.25) is 0 Å². The highest BCUT2D eigenvalue weighted by Gasteiger charge is 2.40. The summed E-state index contributed by atoms with van der Waals surface area (Å²) in [4.78, 5) is 37.4. The summed E-state index contributed by atoms with van der Waals surface area (Å²) in [6, 6.07) is 9.33. The molecule has 1 aliphatic carbocycles. The minimum Gasteiger partial charge on any atom is -0.475 e. The van der Waals surface area contributed by atoms with Crippen LogP contribution in [-0.4, -0.2) is 70.6 Å². The first kappa shape index (κ1) is 33.7. The summed E-state index contributed by atoms with van der Waals surface area (Å²) in [5, 5.41) is 7.33. The summed E-state index contributed by atoms with van der Waals surface area (Å²) in [7, 11) is 0. The maximum absolute atomic E-state index is 14.0. The molecule has 3 atom stereocenters. The van der Waals surface area contributed by atoms with Gasteiger partial charge in [0.15, 0.2) is 5.76 Å². The Morgan fingerprint density at radius 3 is 2.45 bits per heavy atom. The van der Waals surface area contributed by atoms with E-state index in [9.17, 15) is 9.59 Å². The first-order chi connectivity index (χ1) is 22.8. The number of thiazole rings is 1. The van der Waals surface area contributed by atoms with Crippen LogP contribution in [0.5, 0.6) is 5.88 Å². The van der Waals surface area contributed by atoms with Crippen molar-refractivity contribution in [3.63, 3.8) is 0 Å². The Kier molecular flexibility index (Phi) is 11.0. The molecule has 3 fully saturated rings. The minimum absolute atomic E-state index is 0.0302. The predicted molar refractivity (Wildman–Crippen MR) is 184 cm³/mol. The molecule has 0 bridgehead atoms. The number of hydrogen-bond donors (Lipinski definition) is 1. The molecule has 0 radical (unpaired) electrons. The average Bonchev–Trinajstić information content (AvgIpc) is 3.81. The van der Waals surface area contributed by atoms with E-state index in [0.29, 0.717) is 37.1 Å². The second kappa shape index (κ2) is 15.3. The number of ether oxygens (including phenoxy) is 1. The van der Waals surface area contributed by atoms with Gasteiger partial charge < -0.3 is 24.4 Å². The lowest BCUT2D eigenvalue weighted by atomic mass is 9.84. The second-order valence-electron chi connectivity index (χ2n) is 14.3. The Morgan fingerprint density at radius 2 is 1.79 bits per heavy atom. The van der Waals surface area contributed by atoms with Crippen LogP contribution in [0, 0.1) is 24.7 Å². The highest BCUT2D eigenvalue weighted by molar-refractivity contribution is 7.13. The van der Waals surface area contributed by atoms with E-state index in [1.807, 2.05) is 33.2 Å². The van der Waals surface area contributed by atoms with Gasteiger partial charge in [0, 0.05) is 19.2 Å². The molecular formula is C37H51N5O4S. The average molecular weight is 662 g/mol. The number of aryl methyl sites for hydroxylation is 1. The van der Waals surface area contributed by atoms with E-state index < -0.39 is 12.0 Å². The molecule has 2 amide bonds. The number of carbonyl (C=O) groups is 2. The summed E-state index contributed by atoms with van der Waals surface area (Å²) in [5.41, 5.74) is 5.01. The molecular weight excluding hydrogens is 611 g/mol. The minimum atomic E-state index is -0.534. The number of amides is 2. The van der Waals surface area contributed by atoms with Crippen LogP contribution < -0.4 is 10.1 Å². The third-order valence-corrected chi connectivity index (χ3v) is 11.6. The molecule has 1 N–H and O–H groups in total. The molecule has 0 unspecified atom stereocenters. The third-order valence-electron chi connectivity index (χ3n) is 10.6. The first-order valence-corrected chi connectivity index (χ1v) is 18.6. The third kappa shape index (κ3) is 8.08. The number of benzene rings is 1. The van der Waals surface area contributed by atoms with Crippen molar-refractivity contribution in [2.24, 2.45) is 17.8 Å². The standard InChI is InChI=1S/C37H51N5O4S/c1-24(2)34(32-21-33(40-46-32)45-20-16-27-14-18-41(19-15-27)22-28-7-5-8-28)37(44)42-17-6-9-31(42)36(43)39-25(3)29-10-12-30(13-11-29)35-26(4)38-23-47-35/h10-13,21,23-25,27-28,31,34H,5-9,14-20,22H2,1-4H3,(H,39,43)/t25-,31-,34+/m0/s1. The summed E-state index contributed by atoms with van der Waals surface area (Å²) in [6.07, 6.45) is 9.13. The molecule has 10 heteroatoms. The SMILES string of the molecule is Cc1ncsc1-c1ccc([C@H](C)NC(=O)[C@@H]2CCCN2C(=O)[C@@H](c2cc(OCCC3CCN(CC4CCC4)CC3)no2)C(C)C)cc1. The van der Waals surface area contributed by atoms with Crippen molar-refractivity contribution in [3.05, 3.63) is 52.9 Å². The number of aromatic nitrogens is 2. The summed E-state index contributed by atoms with van der Waals surface area (Å²) in [6.45, 7) is 12.8. The Labute approximate surface area is 283 Å². The van der Waals surface area contributed by atoms with Gasteiger partial charge in [-0.25, -0.2) is 4.98 Å². The fourth-order valence-corrected chi connectivity index (χ4v) is 8.24. The van der Waals surface area contributed by atoms with E-state index in [2.05, 4.69) is 44.6 Å². The van der Waals surface area contributed by atoms with Crippen molar-refractivity contribution < 1.29 is 18.8 Å². The molecule has 1 saturated carbocycles. The van der Waals surface area contributed by atoms with E-state index >= 15 is 0 Å². The van der Waals surface area contributed by atoms with Gasteiger partial charge in [-0.05, 0) is 106 Å². The maximum atomic E-state index is 14.0. The van der Waals surface area contributed by atoms with Crippen molar-refractivity contribution >= 4 is 23.2 Å². The smallest absolute Gasteiger partial charge is 0.254 e. The van der Waals surface area contributed by atoms with E-state index in [-0.39, 0.29) is 23.8 Å². The van der Waals surface area contributed by atoms with Crippen molar-refractivity contribution in [1.82, 2.24) is 25.3 Å². The lowest BCUT2D eigenvalue weighted by molar-refractivity contribution is -0.141. The van der Waals surface area contributed by atoms with Crippen LogP contribution in [0.4, 0.5) is 0 Å². The van der Waals surface area contributed by atoms with Gasteiger partial charge in [-0.1, -0.05) is 44.5 Å². The zero-order chi connectivity index (χ0) is 32.9. The molecule has 2 saturated heterocycles. The van der Waals surface area contributed by atoms with Crippen LogP contribution in [0.3, 0.4) is 0 Å². The van der Waals surface area contributed by atoms with Gasteiger partial charge in [-0.15, -0.1) is 11.3 Å². The lowest BCUT2D eigenvalue weighted by Crippen LogP contribution is -2.48. The van der Waals surface area contributed by atoms with E-state index in [4.69, 9.17) is 9.26 Å². The van der Waals surface area contributed by atoms with E-state index in [1.54, 1.807) is 22.3 Å². The van der Waals surface area contributed by atoms with Crippen LogP contribution in [0.25, 0.3) is 10.4 Å². The number of rotatable bonds is 13. The fourth-order valence-electron chi connectivity index (χ4n) is 7.43. The number of nitrogens with zero attached hydrogens (tertiary/aromatic N) is 4. The molecule has 1 aromatic carbocycles. The van der Waals surface area contributed by atoms with Gasteiger partial charge in [0.2, 0.25) is 11.8 Å². The van der Waals surface area contributed by atoms with Crippen LogP contribution in [-0.2, 0) is 9.59 Å². The van der Waals surface area contributed by atoms with Gasteiger partial charge in [-0.2, -0.15) is 0 Å². The van der Waals surface area contributed by atoms with Crippen LogP contribution in [0.1, 0.15) is 101 Å². The number of likely N-dealkylation sites (tertiary alicyclic amines) is 2. The number of hydrogen-bond acceptors (Lipinski definition) is 8. The van der Waals surface area contributed by atoms with Crippen molar-refractivity contribution in [2.75, 3.05) is 32.8 Å². The number of nitrogens with one attached hydrogen (secondary N) is 1. The molecule has 3 aromatic rings. The van der Waals surface area contributed by atoms with Gasteiger partial charge >= 0.3 is 0 Å². The van der Waals surface area contributed by atoms with Crippen molar-refractivity contribution in [3.8, 4) is 16.3 Å². The topological polar surface area (TPSA) is 101 Å². The van der Waals surface area contributed by atoms with Crippen LogP contribution in [0.15, 0.2) is 40.4 Å². The zero-order valence-corrected chi connectivity index (χ0v) is 29.3. The molecule has 2 aromatic heterocycles. The summed E-state index contributed by atoms with van der Waals surface area (Å²) >= 11 is 1.63. The van der Waals surface area contributed by atoms with E-state index in [1.165, 1.54) is 51.7 Å². The number of carbonyl (C=O) groups excluding carboxylic acids is 2. The molecule has 0 spiro atoms. The molecule has 6 rings (SSSR count). The zero-order valence-electron chi connectivity index (χ0n) is 28.5. The Morgan fingerprint density at radius 1 is 1.02 bits per heavy atom. The highest BCUT2D eigenvalue weighted by atomic mass is 32.1. The largest absolute Gasteiger partial charge is 0.475 e. The summed E-state index contributed by atoms with van der Waals surface area (Å²) < 4.78 is 11.7. The molecule has 2 aliphatic heterocycles. The van der Waals surface area contributed by atoms with E-state index in [0.717, 1.165) is 40.5 Å². The van der Waals surface area contributed by atoms with Crippen LogP contribution >= 0.6 is 11.3 Å². The first-order valence-electron chi connectivity index (χ1n) is 17.7. The Balaban J connectivity index is 1.00. The van der Waals surface area contributed by atoms with Crippen molar-refractivity contribution in [2.45, 2.75) is 97.1 Å². The molecule has 47 heavy (non-hydrogen) atoms. The molecule has 3 aliphatic rings. The van der Waals surface area contributed by atoms with Gasteiger partial charge in [0.25, 0.3) is 5.88 Å². The summed E-state index contributed by atoms with van der Waals surface area (Å²) in [5.74, 6) is 1.77. The quantitative estimate of drug-likeness (QED) is 0.211. The highest BCUT2D eigenvalue weighted by Crippen LogP contribution is 2.34. The van der Waals surface area contributed by atoms with Crippen molar-refractivity contribution in [1.29, 1.82) is 0 Å². The molecule has 254 valence electrons. The van der Waals surface area contributed by atoms with Gasteiger partial charge in [0.1, 0.15) is 12.0 Å². The molecule has 4 heterocycles. The Hall–Kier alpha value is -3.24. The molecule has 9 nitrogen and oxygen atoms in total.